The van der Waals surface area contributed by atoms with Crippen molar-refractivity contribution in [3.8, 4) is 0 Å². The molecule has 0 radical (unpaired) electrons. The van der Waals surface area contributed by atoms with Crippen molar-refractivity contribution in [3.63, 3.8) is 0 Å². The third-order valence-electron chi connectivity index (χ3n) is 3.04. The van der Waals surface area contributed by atoms with Gasteiger partial charge in [-0.2, -0.15) is 4.98 Å². The molecule has 5 heteroatoms. The monoisotopic (exact) mass is 235 g/mol. The number of nitrogens with zero attached hydrogens (tertiary/aromatic N) is 4. The predicted octanol–water partition coefficient (Wildman–Crippen LogP) is 0.716. The van der Waals surface area contributed by atoms with Gasteiger partial charge in [0.1, 0.15) is 5.82 Å². The van der Waals surface area contributed by atoms with E-state index in [1.165, 1.54) is 0 Å². The number of nitrogens with two attached hydrogens (primary N) is 1. The minimum absolute atomic E-state index is 0.247. The highest BCUT2D eigenvalue weighted by Crippen LogP contribution is 2.21. The first kappa shape index (κ1) is 12.1. The summed E-state index contributed by atoms with van der Waals surface area (Å²) in [7, 11) is 3.90. The normalized spacial score (nSPS) is 24.8. The Bertz CT molecular complexity index is 369. The summed E-state index contributed by atoms with van der Waals surface area (Å²) in [5.41, 5.74) is 6.06. The lowest BCUT2D eigenvalue weighted by atomic mass is 9.97. The van der Waals surface area contributed by atoms with Gasteiger partial charge >= 0.3 is 0 Å². The van der Waals surface area contributed by atoms with Gasteiger partial charge in [-0.05, 0) is 18.4 Å². The van der Waals surface area contributed by atoms with Crippen LogP contribution in [0.25, 0.3) is 0 Å². The summed E-state index contributed by atoms with van der Waals surface area (Å²) >= 11 is 0. The molecule has 0 amide bonds. The number of rotatable bonds is 2. The van der Waals surface area contributed by atoms with E-state index in [2.05, 4.69) is 21.8 Å². The van der Waals surface area contributed by atoms with Gasteiger partial charge in [-0.1, -0.05) is 6.92 Å². The van der Waals surface area contributed by atoms with Crippen LogP contribution in [-0.4, -0.2) is 43.2 Å². The van der Waals surface area contributed by atoms with E-state index in [-0.39, 0.29) is 6.04 Å². The van der Waals surface area contributed by atoms with Gasteiger partial charge in [-0.3, -0.25) is 0 Å². The largest absolute Gasteiger partial charge is 0.355 e. The summed E-state index contributed by atoms with van der Waals surface area (Å²) in [6.45, 7) is 4.14. The van der Waals surface area contributed by atoms with E-state index in [0.29, 0.717) is 5.92 Å². The van der Waals surface area contributed by atoms with Gasteiger partial charge in [0, 0.05) is 39.4 Å². The summed E-state index contributed by atoms with van der Waals surface area (Å²) in [5, 5.41) is 0. The van der Waals surface area contributed by atoms with Crippen molar-refractivity contribution < 1.29 is 0 Å². The fraction of sp³-hybridized carbons (Fsp3) is 0.667. The third-order valence-corrected chi connectivity index (χ3v) is 3.04. The standard InChI is InChI=1S/C12H21N5/c1-9-6-10(13)8-17(7-9)11-4-5-14-12(15-11)16(2)3/h4-5,9-10H,6-8,13H2,1-3H3. The molecular weight excluding hydrogens is 214 g/mol. The van der Waals surface area contributed by atoms with E-state index in [9.17, 15) is 0 Å². The topological polar surface area (TPSA) is 58.3 Å². The Morgan fingerprint density at radius 2 is 2.18 bits per heavy atom. The van der Waals surface area contributed by atoms with E-state index in [4.69, 9.17) is 5.73 Å². The molecule has 2 heterocycles. The molecule has 1 aliphatic heterocycles. The van der Waals surface area contributed by atoms with Crippen LogP contribution in [0.3, 0.4) is 0 Å². The van der Waals surface area contributed by atoms with E-state index >= 15 is 0 Å². The molecule has 1 aliphatic rings. The van der Waals surface area contributed by atoms with Crippen LogP contribution in [0.15, 0.2) is 12.3 Å². The van der Waals surface area contributed by atoms with E-state index in [0.717, 1.165) is 31.3 Å². The molecule has 2 atom stereocenters. The molecular formula is C12H21N5. The average molecular weight is 235 g/mol. The summed E-state index contributed by atoms with van der Waals surface area (Å²) in [6.07, 6.45) is 2.91. The second kappa shape index (κ2) is 4.87. The molecule has 1 aromatic heterocycles. The maximum absolute atomic E-state index is 6.06. The van der Waals surface area contributed by atoms with Gasteiger partial charge < -0.3 is 15.5 Å². The summed E-state index contributed by atoms with van der Waals surface area (Å²) in [6, 6.07) is 2.20. The molecule has 0 saturated carbocycles. The lowest BCUT2D eigenvalue weighted by Gasteiger charge is -2.35. The second-order valence-corrected chi connectivity index (χ2v) is 5.12. The van der Waals surface area contributed by atoms with Crippen molar-refractivity contribution >= 4 is 11.8 Å². The fourth-order valence-electron chi connectivity index (χ4n) is 2.32. The molecule has 0 spiro atoms. The molecule has 94 valence electrons. The number of hydrogen-bond acceptors (Lipinski definition) is 5. The summed E-state index contributed by atoms with van der Waals surface area (Å²) < 4.78 is 0. The van der Waals surface area contributed by atoms with Gasteiger partial charge in [0.15, 0.2) is 0 Å². The Labute approximate surface area is 103 Å². The lowest BCUT2D eigenvalue weighted by Crippen LogP contribution is -2.46. The zero-order valence-electron chi connectivity index (χ0n) is 10.8. The Morgan fingerprint density at radius 3 is 2.82 bits per heavy atom. The van der Waals surface area contributed by atoms with E-state index < -0.39 is 0 Å². The van der Waals surface area contributed by atoms with Crippen molar-refractivity contribution in [3.05, 3.63) is 12.3 Å². The smallest absolute Gasteiger partial charge is 0.226 e. The van der Waals surface area contributed by atoms with Crippen LogP contribution in [0.5, 0.6) is 0 Å². The van der Waals surface area contributed by atoms with E-state index in [1.807, 2.05) is 31.3 Å². The van der Waals surface area contributed by atoms with Gasteiger partial charge in [-0.15, -0.1) is 0 Å². The van der Waals surface area contributed by atoms with Crippen LogP contribution < -0.4 is 15.5 Å². The van der Waals surface area contributed by atoms with Crippen molar-refractivity contribution in [1.29, 1.82) is 0 Å². The Kier molecular flexibility index (Phi) is 3.47. The minimum Gasteiger partial charge on any atom is -0.355 e. The van der Waals surface area contributed by atoms with Crippen LogP contribution in [0.1, 0.15) is 13.3 Å². The number of aromatic nitrogens is 2. The van der Waals surface area contributed by atoms with Gasteiger partial charge in [0.05, 0.1) is 0 Å². The molecule has 5 nitrogen and oxygen atoms in total. The summed E-state index contributed by atoms with van der Waals surface area (Å²) in [5.74, 6) is 2.34. The van der Waals surface area contributed by atoms with Crippen LogP contribution in [-0.2, 0) is 0 Å². The molecule has 2 rings (SSSR count). The molecule has 0 aliphatic carbocycles. The van der Waals surface area contributed by atoms with Crippen molar-refractivity contribution in [2.24, 2.45) is 11.7 Å². The quantitative estimate of drug-likeness (QED) is 0.818. The highest BCUT2D eigenvalue weighted by atomic mass is 15.3. The Balaban J connectivity index is 2.18. The molecule has 17 heavy (non-hydrogen) atoms. The van der Waals surface area contributed by atoms with Crippen LogP contribution >= 0.6 is 0 Å². The fourth-order valence-corrected chi connectivity index (χ4v) is 2.32. The highest BCUT2D eigenvalue weighted by molar-refractivity contribution is 5.43. The van der Waals surface area contributed by atoms with Crippen LogP contribution in [0.4, 0.5) is 11.8 Å². The molecule has 1 aromatic rings. The predicted molar refractivity (Wildman–Crippen MR) is 70.3 cm³/mol. The summed E-state index contributed by atoms with van der Waals surface area (Å²) in [4.78, 5) is 12.9. The molecule has 0 bridgehead atoms. The third kappa shape index (κ3) is 2.85. The Hall–Kier alpha value is -1.36. The Morgan fingerprint density at radius 1 is 1.41 bits per heavy atom. The van der Waals surface area contributed by atoms with E-state index in [1.54, 1.807) is 0 Å². The number of hydrogen-bond donors (Lipinski definition) is 1. The number of anilines is 2. The molecule has 1 saturated heterocycles. The lowest BCUT2D eigenvalue weighted by molar-refractivity contribution is 0.400. The number of piperidine rings is 1. The first-order valence-corrected chi connectivity index (χ1v) is 6.07. The minimum atomic E-state index is 0.247. The van der Waals surface area contributed by atoms with Gasteiger partial charge in [0.25, 0.3) is 0 Å². The van der Waals surface area contributed by atoms with Crippen LogP contribution in [0, 0.1) is 5.92 Å². The maximum Gasteiger partial charge on any atom is 0.226 e. The van der Waals surface area contributed by atoms with Crippen LogP contribution in [0.2, 0.25) is 0 Å². The zero-order chi connectivity index (χ0) is 12.4. The average Bonchev–Trinajstić information content (AvgIpc) is 2.28. The molecule has 0 aromatic carbocycles. The maximum atomic E-state index is 6.06. The zero-order valence-corrected chi connectivity index (χ0v) is 10.8. The molecule has 2 N–H and O–H groups in total. The van der Waals surface area contributed by atoms with Crippen molar-refractivity contribution in [2.45, 2.75) is 19.4 Å². The van der Waals surface area contributed by atoms with Gasteiger partial charge in [0.2, 0.25) is 5.95 Å². The van der Waals surface area contributed by atoms with Crippen molar-refractivity contribution in [1.82, 2.24) is 9.97 Å². The molecule has 1 fully saturated rings. The molecule has 2 unspecified atom stereocenters. The van der Waals surface area contributed by atoms with Crippen molar-refractivity contribution in [2.75, 3.05) is 37.0 Å². The highest BCUT2D eigenvalue weighted by Gasteiger charge is 2.23. The first-order valence-electron chi connectivity index (χ1n) is 6.07. The second-order valence-electron chi connectivity index (χ2n) is 5.12. The first-order chi connectivity index (χ1) is 8.06. The SMILES string of the molecule is CC1CC(N)CN(c2ccnc(N(C)C)n2)C1. The van der Waals surface area contributed by atoms with Gasteiger partial charge in [-0.25, -0.2) is 4.98 Å².